The summed E-state index contributed by atoms with van der Waals surface area (Å²) in [5.74, 6) is 0. The van der Waals surface area contributed by atoms with Gasteiger partial charge in [-0.05, 0) is 36.6 Å². The van der Waals surface area contributed by atoms with Crippen LogP contribution in [0.1, 0.15) is 59.3 Å². The van der Waals surface area contributed by atoms with Gasteiger partial charge in [0, 0.05) is 13.1 Å². The van der Waals surface area contributed by atoms with E-state index in [2.05, 4.69) is 26.1 Å². The quantitative estimate of drug-likeness (QED) is 0.593. The van der Waals surface area contributed by atoms with Crippen molar-refractivity contribution in [3.8, 4) is 0 Å². The van der Waals surface area contributed by atoms with Gasteiger partial charge in [-0.2, -0.15) is 0 Å². The minimum Gasteiger partial charge on any atom is -0.330 e. The fraction of sp³-hybridized carbons (Fsp3) is 1.00. The maximum atomic E-state index is 5.78. The molecule has 1 aliphatic carbocycles. The summed E-state index contributed by atoms with van der Waals surface area (Å²) < 4.78 is 0. The zero-order valence-corrected chi connectivity index (χ0v) is 11.4. The van der Waals surface area contributed by atoms with Gasteiger partial charge in [0.2, 0.25) is 0 Å². The van der Waals surface area contributed by atoms with Crippen molar-refractivity contribution in [3.63, 3.8) is 0 Å². The summed E-state index contributed by atoms with van der Waals surface area (Å²) in [5, 5.41) is 3.63. The van der Waals surface area contributed by atoms with Gasteiger partial charge in [0.05, 0.1) is 0 Å². The molecule has 0 spiro atoms. The summed E-state index contributed by atoms with van der Waals surface area (Å²) in [6.45, 7) is 10.1. The monoisotopic (exact) mass is 226 g/mol. The largest absolute Gasteiger partial charge is 0.330 e. The Morgan fingerprint density at radius 1 is 1.25 bits per heavy atom. The van der Waals surface area contributed by atoms with Crippen molar-refractivity contribution in [2.75, 3.05) is 19.6 Å². The van der Waals surface area contributed by atoms with Crippen LogP contribution in [0.3, 0.4) is 0 Å². The van der Waals surface area contributed by atoms with Gasteiger partial charge in [-0.15, -0.1) is 0 Å². The van der Waals surface area contributed by atoms with Gasteiger partial charge in [0.1, 0.15) is 0 Å². The Morgan fingerprint density at radius 3 is 2.44 bits per heavy atom. The summed E-state index contributed by atoms with van der Waals surface area (Å²) in [6.07, 6.45) is 8.05. The van der Waals surface area contributed by atoms with Crippen LogP contribution in [0.4, 0.5) is 0 Å². The summed E-state index contributed by atoms with van der Waals surface area (Å²) >= 11 is 0. The lowest BCUT2D eigenvalue weighted by atomic mass is 9.86. The molecule has 2 heteroatoms. The van der Waals surface area contributed by atoms with E-state index in [4.69, 9.17) is 5.73 Å². The molecule has 0 bridgehead atoms. The number of nitrogens with two attached hydrogens (primary N) is 1. The SMILES string of the molecule is CCCCCC(C)(C)CNCC1(CN)CC1. The predicted molar refractivity (Wildman–Crippen MR) is 71.5 cm³/mol. The van der Waals surface area contributed by atoms with Crippen molar-refractivity contribution in [1.82, 2.24) is 5.32 Å². The van der Waals surface area contributed by atoms with E-state index >= 15 is 0 Å². The molecular formula is C14H30N2. The average molecular weight is 226 g/mol. The molecule has 1 saturated carbocycles. The van der Waals surface area contributed by atoms with Crippen LogP contribution in [-0.2, 0) is 0 Å². The second kappa shape index (κ2) is 6.02. The molecule has 1 aliphatic rings. The third-order valence-corrected chi connectivity index (χ3v) is 3.95. The Balaban J connectivity index is 2.10. The highest BCUT2D eigenvalue weighted by molar-refractivity contribution is 4.95. The van der Waals surface area contributed by atoms with Crippen molar-refractivity contribution < 1.29 is 0 Å². The molecule has 0 atom stereocenters. The third kappa shape index (κ3) is 4.84. The predicted octanol–water partition coefficient (Wildman–Crippen LogP) is 2.92. The van der Waals surface area contributed by atoms with Crippen LogP contribution in [0.5, 0.6) is 0 Å². The zero-order chi connectivity index (χ0) is 12.1. The molecule has 0 aliphatic heterocycles. The minimum atomic E-state index is 0.444. The van der Waals surface area contributed by atoms with Gasteiger partial charge < -0.3 is 11.1 Å². The van der Waals surface area contributed by atoms with Crippen molar-refractivity contribution in [3.05, 3.63) is 0 Å². The first-order valence-electron chi connectivity index (χ1n) is 6.94. The van der Waals surface area contributed by atoms with Crippen molar-refractivity contribution in [1.29, 1.82) is 0 Å². The fourth-order valence-corrected chi connectivity index (χ4v) is 2.24. The maximum Gasteiger partial charge on any atom is 0.00201 e. The topological polar surface area (TPSA) is 38.0 Å². The van der Waals surface area contributed by atoms with Crippen LogP contribution in [-0.4, -0.2) is 19.6 Å². The van der Waals surface area contributed by atoms with Gasteiger partial charge in [0.15, 0.2) is 0 Å². The van der Waals surface area contributed by atoms with E-state index in [9.17, 15) is 0 Å². The number of hydrogen-bond donors (Lipinski definition) is 2. The fourth-order valence-electron chi connectivity index (χ4n) is 2.24. The Hall–Kier alpha value is -0.0800. The molecule has 16 heavy (non-hydrogen) atoms. The van der Waals surface area contributed by atoms with E-state index in [1.54, 1.807) is 0 Å². The standard InChI is InChI=1S/C14H30N2/c1-4-5-6-7-13(2,3)11-16-12-14(10-15)8-9-14/h16H,4-12,15H2,1-3H3. The molecule has 0 radical (unpaired) electrons. The summed E-state index contributed by atoms with van der Waals surface area (Å²) in [6, 6.07) is 0. The molecule has 1 rings (SSSR count). The van der Waals surface area contributed by atoms with E-state index in [-0.39, 0.29) is 0 Å². The number of hydrogen-bond acceptors (Lipinski definition) is 2. The lowest BCUT2D eigenvalue weighted by Gasteiger charge is -2.26. The molecule has 0 saturated heterocycles. The Bertz CT molecular complexity index is 195. The molecule has 0 amide bonds. The Morgan fingerprint density at radius 2 is 1.94 bits per heavy atom. The molecule has 1 fully saturated rings. The van der Waals surface area contributed by atoms with E-state index < -0.39 is 0 Å². The first-order chi connectivity index (χ1) is 7.54. The molecule has 3 N–H and O–H groups in total. The van der Waals surface area contributed by atoms with Crippen LogP contribution >= 0.6 is 0 Å². The lowest BCUT2D eigenvalue weighted by molar-refractivity contribution is 0.291. The van der Waals surface area contributed by atoms with E-state index in [1.807, 2.05) is 0 Å². The first kappa shape index (κ1) is 14.0. The lowest BCUT2D eigenvalue weighted by Crippen LogP contribution is -2.36. The second-order valence-electron chi connectivity index (χ2n) is 6.43. The van der Waals surface area contributed by atoms with Crippen LogP contribution in [0.2, 0.25) is 0 Å². The normalized spacial score (nSPS) is 18.8. The molecular weight excluding hydrogens is 196 g/mol. The highest BCUT2D eigenvalue weighted by Gasteiger charge is 2.40. The molecule has 0 aromatic heterocycles. The smallest absolute Gasteiger partial charge is 0.00201 e. The van der Waals surface area contributed by atoms with Crippen molar-refractivity contribution >= 4 is 0 Å². The zero-order valence-electron chi connectivity index (χ0n) is 11.4. The molecule has 0 aromatic carbocycles. The van der Waals surface area contributed by atoms with Gasteiger partial charge in [0.25, 0.3) is 0 Å². The Labute approximate surface area is 101 Å². The van der Waals surface area contributed by atoms with Gasteiger partial charge >= 0.3 is 0 Å². The molecule has 0 unspecified atom stereocenters. The van der Waals surface area contributed by atoms with Crippen LogP contribution in [0.25, 0.3) is 0 Å². The van der Waals surface area contributed by atoms with Gasteiger partial charge in [-0.1, -0.05) is 40.0 Å². The maximum absolute atomic E-state index is 5.78. The number of unbranched alkanes of at least 4 members (excludes halogenated alkanes) is 2. The summed E-state index contributed by atoms with van der Waals surface area (Å²) in [5.41, 5.74) is 6.69. The van der Waals surface area contributed by atoms with E-state index in [0.717, 1.165) is 19.6 Å². The summed E-state index contributed by atoms with van der Waals surface area (Å²) in [4.78, 5) is 0. The summed E-state index contributed by atoms with van der Waals surface area (Å²) in [7, 11) is 0. The highest BCUT2D eigenvalue weighted by atomic mass is 14.9. The van der Waals surface area contributed by atoms with Crippen LogP contribution in [0.15, 0.2) is 0 Å². The van der Waals surface area contributed by atoms with Crippen LogP contribution in [0, 0.1) is 10.8 Å². The van der Waals surface area contributed by atoms with Crippen molar-refractivity contribution in [2.45, 2.75) is 59.3 Å². The molecule has 0 heterocycles. The van der Waals surface area contributed by atoms with Gasteiger partial charge in [-0.3, -0.25) is 0 Å². The molecule has 2 nitrogen and oxygen atoms in total. The van der Waals surface area contributed by atoms with E-state index in [0.29, 0.717) is 10.8 Å². The molecule has 96 valence electrons. The average Bonchev–Trinajstić information content (AvgIpc) is 2.99. The van der Waals surface area contributed by atoms with Crippen molar-refractivity contribution in [2.24, 2.45) is 16.6 Å². The highest BCUT2D eigenvalue weighted by Crippen LogP contribution is 2.43. The number of nitrogens with one attached hydrogen (secondary N) is 1. The van der Waals surface area contributed by atoms with Gasteiger partial charge in [-0.25, -0.2) is 0 Å². The van der Waals surface area contributed by atoms with Crippen LogP contribution < -0.4 is 11.1 Å². The van der Waals surface area contributed by atoms with E-state index in [1.165, 1.54) is 38.5 Å². The molecule has 0 aromatic rings. The first-order valence-corrected chi connectivity index (χ1v) is 6.94. The Kier molecular flexibility index (Phi) is 5.26. The second-order valence-corrected chi connectivity index (χ2v) is 6.43. The third-order valence-electron chi connectivity index (χ3n) is 3.95. The number of rotatable bonds is 9. The minimum absolute atomic E-state index is 0.444.